The highest BCUT2D eigenvalue weighted by Crippen LogP contribution is 2.21. The van der Waals surface area contributed by atoms with Crippen LogP contribution in [0.1, 0.15) is 43.0 Å². The Morgan fingerprint density at radius 3 is 2.84 bits per heavy atom. The first-order valence-electron chi connectivity index (χ1n) is 6.96. The largest absolute Gasteiger partial charge is 0.349 e. The van der Waals surface area contributed by atoms with Crippen molar-refractivity contribution in [3.8, 4) is 0 Å². The van der Waals surface area contributed by atoms with Crippen molar-refractivity contribution in [2.75, 3.05) is 19.6 Å². The van der Waals surface area contributed by atoms with E-state index in [1.165, 1.54) is 19.4 Å². The van der Waals surface area contributed by atoms with Crippen molar-refractivity contribution in [1.82, 2.24) is 10.2 Å². The zero-order chi connectivity index (χ0) is 13.7. The summed E-state index contributed by atoms with van der Waals surface area (Å²) >= 11 is 4.94. The van der Waals surface area contributed by atoms with Crippen molar-refractivity contribution in [2.45, 2.75) is 38.6 Å². The van der Waals surface area contributed by atoms with Crippen molar-refractivity contribution >= 4 is 33.2 Å². The number of unbranched alkanes of at least 4 members (excludes halogenated alkanes) is 1. The van der Waals surface area contributed by atoms with Crippen LogP contribution in [0.15, 0.2) is 15.2 Å². The van der Waals surface area contributed by atoms with Crippen LogP contribution < -0.4 is 5.32 Å². The van der Waals surface area contributed by atoms with Gasteiger partial charge in [0.1, 0.15) is 0 Å². The van der Waals surface area contributed by atoms with Gasteiger partial charge in [-0.25, -0.2) is 0 Å². The van der Waals surface area contributed by atoms with Gasteiger partial charge in [0.25, 0.3) is 5.91 Å². The molecule has 1 N–H and O–H groups in total. The van der Waals surface area contributed by atoms with Crippen LogP contribution in [0.3, 0.4) is 0 Å². The molecule has 1 aliphatic rings. The Labute approximate surface area is 127 Å². The van der Waals surface area contributed by atoms with E-state index in [0.29, 0.717) is 6.04 Å². The number of hydrogen-bond donors (Lipinski definition) is 1. The van der Waals surface area contributed by atoms with Crippen molar-refractivity contribution in [3.05, 3.63) is 20.8 Å². The number of hydrogen-bond acceptors (Lipinski definition) is 3. The number of carbonyl (C=O) groups is 1. The van der Waals surface area contributed by atoms with E-state index < -0.39 is 0 Å². The quantitative estimate of drug-likeness (QED) is 0.886. The molecule has 0 unspecified atom stereocenters. The van der Waals surface area contributed by atoms with E-state index in [1.807, 2.05) is 11.4 Å². The van der Waals surface area contributed by atoms with Crippen LogP contribution in [-0.2, 0) is 0 Å². The lowest BCUT2D eigenvalue weighted by molar-refractivity contribution is 0.0911. The topological polar surface area (TPSA) is 32.3 Å². The fourth-order valence-electron chi connectivity index (χ4n) is 2.38. The van der Waals surface area contributed by atoms with Crippen LogP contribution in [-0.4, -0.2) is 36.5 Å². The molecule has 1 aliphatic heterocycles. The van der Waals surface area contributed by atoms with Crippen molar-refractivity contribution < 1.29 is 4.79 Å². The molecule has 0 saturated carbocycles. The maximum atomic E-state index is 12.0. The SMILES string of the molecule is CCCCN1CCC(NC(=O)c2csc(Br)c2)CC1. The van der Waals surface area contributed by atoms with Crippen molar-refractivity contribution in [2.24, 2.45) is 0 Å². The molecule has 1 fully saturated rings. The number of thiophene rings is 1. The number of rotatable bonds is 5. The fraction of sp³-hybridized carbons (Fsp3) is 0.643. The minimum Gasteiger partial charge on any atom is -0.349 e. The summed E-state index contributed by atoms with van der Waals surface area (Å²) in [6.07, 6.45) is 4.67. The maximum absolute atomic E-state index is 12.0. The molecule has 5 heteroatoms. The number of nitrogens with zero attached hydrogens (tertiary/aromatic N) is 1. The lowest BCUT2D eigenvalue weighted by Crippen LogP contribution is -2.44. The van der Waals surface area contributed by atoms with Crippen LogP contribution in [0.25, 0.3) is 0 Å². The minimum atomic E-state index is 0.0639. The zero-order valence-electron chi connectivity index (χ0n) is 11.3. The average Bonchev–Trinajstić information content (AvgIpc) is 2.85. The van der Waals surface area contributed by atoms with Crippen LogP contribution in [0.4, 0.5) is 0 Å². The van der Waals surface area contributed by atoms with E-state index in [2.05, 4.69) is 33.1 Å². The smallest absolute Gasteiger partial charge is 0.252 e. The third-order valence-corrected chi connectivity index (χ3v) is 5.08. The molecule has 1 amide bonds. The Morgan fingerprint density at radius 1 is 1.53 bits per heavy atom. The van der Waals surface area contributed by atoms with Crippen LogP contribution in [0.2, 0.25) is 0 Å². The Balaban J connectivity index is 1.75. The van der Waals surface area contributed by atoms with E-state index in [1.54, 1.807) is 11.3 Å². The molecule has 1 saturated heterocycles. The van der Waals surface area contributed by atoms with Gasteiger partial charge < -0.3 is 10.2 Å². The Kier molecular flexibility index (Phi) is 5.85. The summed E-state index contributed by atoms with van der Waals surface area (Å²) in [5.41, 5.74) is 0.769. The summed E-state index contributed by atoms with van der Waals surface area (Å²) in [4.78, 5) is 14.5. The predicted molar refractivity (Wildman–Crippen MR) is 83.9 cm³/mol. The normalized spacial score (nSPS) is 17.6. The molecule has 0 radical (unpaired) electrons. The maximum Gasteiger partial charge on any atom is 0.252 e. The van der Waals surface area contributed by atoms with Gasteiger partial charge in [-0.2, -0.15) is 0 Å². The minimum absolute atomic E-state index is 0.0639. The second-order valence-electron chi connectivity index (χ2n) is 5.08. The average molecular weight is 345 g/mol. The Hall–Kier alpha value is -0.390. The molecule has 3 nitrogen and oxygen atoms in total. The highest BCUT2D eigenvalue weighted by molar-refractivity contribution is 9.11. The molecule has 2 rings (SSSR count). The molecular formula is C14H21BrN2OS. The number of nitrogens with one attached hydrogen (secondary N) is 1. The Morgan fingerprint density at radius 2 is 2.26 bits per heavy atom. The van der Waals surface area contributed by atoms with Crippen LogP contribution in [0, 0.1) is 0 Å². The van der Waals surface area contributed by atoms with Gasteiger partial charge in [-0.15, -0.1) is 11.3 Å². The first-order valence-corrected chi connectivity index (χ1v) is 8.63. The summed E-state index contributed by atoms with van der Waals surface area (Å²) in [5, 5.41) is 5.04. The molecule has 1 aromatic rings. The number of carbonyl (C=O) groups excluding carboxylic acids is 1. The van der Waals surface area contributed by atoms with E-state index >= 15 is 0 Å². The van der Waals surface area contributed by atoms with Gasteiger partial charge in [-0.3, -0.25) is 4.79 Å². The van der Waals surface area contributed by atoms with E-state index in [4.69, 9.17) is 0 Å². The van der Waals surface area contributed by atoms with Gasteiger partial charge >= 0.3 is 0 Å². The van der Waals surface area contributed by atoms with E-state index in [9.17, 15) is 4.79 Å². The van der Waals surface area contributed by atoms with Crippen molar-refractivity contribution in [3.63, 3.8) is 0 Å². The highest BCUT2D eigenvalue weighted by atomic mass is 79.9. The second kappa shape index (κ2) is 7.41. The molecule has 0 spiro atoms. The molecule has 19 heavy (non-hydrogen) atoms. The summed E-state index contributed by atoms with van der Waals surface area (Å²) in [6, 6.07) is 2.22. The van der Waals surface area contributed by atoms with Gasteiger partial charge in [0.05, 0.1) is 9.35 Å². The first kappa shape index (κ1) is 15.0. The molecule has 2 heterocycles. The zero-order valence-corrected chi connectivity index (χ0v) is 13.7. The molecular weight excluding hydrogens is 324 g/mol. The molecule has 106 valence electrons. The third kappa shape index (κ3) is 4.58. The van der Waals surface area contributed by atoms with E-state index in [0.717, 1.165) is 35.3 Å². The van der Waals surface area contributed by atoms with Gasteiger partial charge in [-0.05, 0) is 47.8 Å². The monoisotopic (exact) mass is 344 g/mol. The van der Waals surface area contributed by atoms with Gasteiger partial charge in [0.15, 0.2) is 0 Å². The molecule has 0 aromatic carbocycles. The Bertz CT molecular complexity index is 413. The standard InChI is InChI=1S/C14H21BrN2OS/c1-2-3-6-17-7-4-12(5-8-17)16-14(18)11-9-13(15)19-10-11/h9-10,12H,2-8H2,1H3,(H,16,18). The van der Waals surface area contributed by atoms with Crippen LogP contribution in [0.5, 0.6) is 0 Å². The number of likely N-dealkylation sites (tertiary alicyclic amines) is 1. The van der Waals surface area contributed by atoms with Gasteiger partial charge in [-0.1, -0.05) is 13.3 Å². The molecule has 0 bridgehead atoms. The fourth-order valence-corrected chi connectivity index (χ4v) is 3.52. The number of halogens is 1. The summed E-state index contributed by atoms with van der Waals surface area (Å²) in [7, 11) is 0. The van der Waals surface area contributed by atoms with Crippen LogP contribution >= 0.6 is 27.3 Å². The van der Waals surface area contributed by atoms with Crippen molar-refractivity contribution in [1.29, 1.82) is 0 Å². The lowest BCUT2D eigenvalue weighted by atomic mass is 10.0. The molecule has 0 atom stereocenters. The van der Waals surface area contributed by atoms with Gasteiger partial charge in [0.2, 0.25) is 0 Å². The third-order valence-electron chi connectivity index (χ3n) is 3.58. The van der Waals surface area contributed by atoms with E-state index in [-0.39, 0.29) is 5.91 Å². The predicted octanol–water partition coefficient (Wildman–Crippen LogP) is 3.50. The summed E-state index contributed by atoms with van der Waals surface area (Å²) in [6.45, 7) is 5.65. The first-order chi connectivity index (χ1) is 9.19. The number of piperidine rings is 1. The summed E-state index contributed by atoms with van der Waals surface area (Å²) in [5.74, 6) is 0.0639. The lowest BCUT2D eigenvalue weighted by Gasteiger charge is -2.32. The molecule has 0 aliphatic carbocycles. The molecule has 1 aromatic heterocycles. The van der Waals surface area contributed by atoms with Gasteiger partial charge in [0, 0.05) is 24.5 Å². The summed E-state index contributed by atoms with van der Waals surface area (Å²) < 4.78 is 1.01. The second-order valence-corrected chi connectivity index (χ2v) is 7.37. The number of amides is 1. The highest BCUT2D eigenvalue weighted by Gasteiger charge is 2.21.